The lowest BCUT2D eigenvalue weighted by atomic mass is 10.1. The summed E-state index contributed by atoms with van der Waals surface area (Å²) < 4.78 is 1.67. The normalized spacial score (nSPS) is 10.7. The summed E-state index contributed by atoms with van der Waals surface area (Å²) in [4.78, 5) is 15.8. The highest BCUT2D eigenvalue weighted by molar-refractivity contribution is 6.01. The van der Waals surface area contributed by atoms with Crippen LogP contribution in [0.3, 0.4) is 0 Å². The topological polar surface area (TPSA) is 47.3 Å². The van der Waals surface area contributed by atoms with Crippen molar-refractivity contribution in [3.8, 4) is 0 Å². The van der Waals surface area contributed by atoms with E-state index in [-0.39, 0.29) is 5.78 Å². The number of nitrogens with zero attached hydrogens (tertiary/aromatic N) is 3. The van der Waals surface area contributed by atoms with E-state index in [1.54, 1.807) is 29.3 Å². The molecule has 0 unspecified atom stereocenters. The van der Waals surface area contributed by atoms with E-state index in [0.29, 0.717) is 12.0 Å². The minimum Gasteiger partial charge on any atom is -0.294 e. The third-order valence-corrected chi connectivity index (χ3v) is 2.38. The van der Waals surface area contributed by atoms with Crippen molar-refractivity contribution in [3.63, 3.8) is 0 Å². The fourth-order valence-electron chi connectivity index (χ4n) is 1.52. The summed E-state index contributed by atoms with van der Waals surface area (Å²) in [5.74, 6) is 0.153. The molecule has 0 N–H and O–H groups in total. The molecular formula is C11H13N3O. The average molecular weight is 203 g/mol. The summed E-state index contributed by atoms with van der Waals surface area (Å²) in [5.41, 5.74) is 1.47. The summed E-state index contributed by atoms with van der Waals surface area (Å²) in [7, 11) is 0. The van der Waals surface area contributed by atoms with E-state index < -0.39 is 0 Å². The zero-order chi connectivity index (χ0) is 10.7. The molecule has 0 saturated carbocycles. The maximum Gasteiger partial charge on any atom is 0.166 e. The summed E-state index contributed by atoms with van der Waals surface area (Å²) in [6, 6.07) is 0. The highest BCUT2D eigenvalue weighted by Crippen LogP contribution is 2.12. The predicted molar refractivity (Wildman–Crippen MR) is 56.8 cm³/mol. The van der Waals surface area contributed by atoms with Crippen molar-refractivity contribution in [2.24, 2.45) is 0 Å². The summed E-state index contributed by atoms with van der Waals surface area (Å²) in [6.07, 6.45) is 9.24. The number of aromatic nitrogens is 3. The van der Waals surface area contributed by atoms with Crippen molar-refractivity contribution in [1.82, 2.24) is 14.6 Å². The predicted octanol–water partition coefficient (Wildman–Crippen LogP) is 2.10. The second-order valence-corrected chi connectivity index (χ2v) is 3.49. The fraction of sp³-hybridized carbons (Fsp3) is 0.364. The van der Waals surface area contributed by atoms with Gasteiger partial charge in [0.05, 0.1) is 23.5 Å². The third-order valence-electron chi connectivity index (χ3n) is 2.38. The lowest BCUT2D eigenvalue weighted by Crippen LogP contribution is -1.98. The molecule has 0 aliphatic rings. The molecule has 78 valence electrons. The first-order valence-electron chi connectivity index (χ1n) is 5.13. The molecular weight excluding hydrogens is 190 g/mol. The Balaban J connectivity index is 2.31. The van der Waals surface area contributed by atoms with E-state index in [1.165, 1.54) is 0 Å². The number of Topliss-reactive ketones (excluding diaryl/α,β-unsaturated/α-hetero) is 1. The molecule has 0 fully saturated rings. The van der Waals surface area contributed by atoms with Gasteiger partial charge in [-0.25, -0.2) is 4.52 Å². The van der Waals surface area contributed by atoms with Crippen molar-refractivity contribution in [1.29, 1.82) is 0 Å². The summed E-state index contributed by atoms with van der Waals surface area (Å²) in [6.45, 7) is 2.07. The Morgan fingerprint density at radius 1 is 1.47 bits per heavy atom. The third kappa shape index (κ3) is 1.88. The second kappa shape index (κ2) is 4.21. The smallest absolute Gasteiger partial charge is 0.166 e. The largest absolute Gasteiger partial charge is 0.294 e. The van der Waals surface area contributed by atoms with Gasteiger partial charge in [-0.15, -0.1) is 0 Å². The minimum atomic E-state index is 0.153. The lowest BCUT2D eigenvalue weighted by Gasteiger charge is -1.96. The molecule has 0 bridgehead atoms. The maximum absolute atomic E-state index is 11.8. The van der Waals surface area contributed by atoms with Gasteiger partial charge in [0.25, 0.3) is 0 Å². The zero-order valence-electron chi connectivity index (χ0n) is 8.68. The number of rotatable bonds is 4. The van der Waals surface area contributed by atoms with Gasteiger partial charge in [-0.1, -0.05) is 13.3 Å². The van der Waals surface area contributed by atoms with E-state index in [9.17, 15) is 4.79 Å². The van der Waals surface area contributed by atoms with Crippen molar-refractivity contribution in [2.45, 2.75) is 26.2 Å². The molecule has 0 saturated heterocycles. The highest BCUT2D eigenvalue weighted by atomic mass is 16.1. The molecule has 2 aromatic heterocycles. The number of hydrogen-bond donors (Lipinski definition) is 0. The number of carbonyl (C=O) groups is 1. The Labute approximate surface area is 87.9 Å². The van der Waals surface area contributed by atoms with Crippen LogP contribution in [0.2, 0.25) is 0 Å². The highest BCUT2D eigenvalue weighted by Gasteiger charge is 2.11. The van der Waals surface area contributed by atoms with Crippen LogP contribution in [0.5, 0.6) is 0 Å². The average Bonchev–Trinajstić information content (AvgIpc) is 2.69. The zero-order valence-corrected chi connectivity index (χ0v) is 8.68. The number of ketones is 1. The molecule has 0 aliphatic carbocycles. The van der Waals surface area contributed by atoms with Crippen molar-refractivity contribution >= 4 is 11.3 Å². The van der Waals surface area contributed by atoms with Crippen LogP contribution in [0.15, 0.2) is 24.8 Å². The number of unbranched alkanes of at least 4 members (excludes halogenated alkanes) is 1. The SMILES string of the molecule is CCCCC(=O)c1cnn2ccncc12. The first-order valence-corrected chi connectivity index (χ1v) is 5.13. The van der Waals surface area contributed by atoms with Gasteiger partial charge in [0.2, 0.25) is 0 Å². The molecule has 2 heterocycles. The summed E-state index contributed by atoms with van der Waals surface area (Å²) in [5, 5.41) is 4.10. The van der Waals surface area contributed by atoms with E-state index in [4.69, 9.17) is 0 Å². The molecule has 15 heavy (non-hydrogen) atoms. The number of hydrogen-bond acceptors (Lipinski definition) is 3. The van der Waals surface area contributed by atoms with Gasteiger partial charge in [0.15, 0.2) is 5.78 Å². The van der Waals surface area contributed by atoms with Crippen LogP contribution in [0.1, 0.15) is 36.5 Å². The van der Waals surface area contributed by atoms with Gasteiger partial charge in [0, 0.05) is 18.8 Å². The van der Waals surface area contributed by atoms with Crippen LogP contribution >= 0.6 is 0 Å². The lowest BCUT2D eigenvalue weighted by molar-refractivity contribution is 0.0981. The first-order chi connectivity index (χ1) is 7.33. The van der Waals surface area contributed by atoms with E-state index >= 15 is 0 Å². The standard InChI is InChI=1S/C11H13N3O/c1-2-3-4-11(15)9-7-13-14-6-5-12-8-10(9)14/h5-8H,2-4H2,1H3. The molecule has 0 aromatic carbocycles. The molecule has 2 rings (SSSR count). The second-order valence-electron chi connectivity index (χ2n) is 3.49. The van der Waals surface area contributed by atoms with E-state index in [0.717, 1.165) is 18.4 Å². The minimum absolute atomic E-state index is 0.153. The van der Waals surface area contributed by atoms with Crippen molar-refractivity contribution < 1.29 is 4.79 Å². The Morgan fingerprint density at radius 3 is 3.13 bits per heavy atom. The van der Waals surface area contributed by atoms with Crippen LogP contribution in [0.4, 0.5) is 0 Å². The quantitative estimate of drug-likeness (QED) is 0.715. The van der Waals surface area contributed by atoms with Gasteiger partial charge in [-0.05, 0) is 6.42 Å². The van der Waals surface area contributed by atoms with Crippen LogP contribution in [-0.4, -0.2) is 20.4 Å². The van der Waals surface area contributed by atoms with Gasteiger partial charge in [-0.3, -0.25) is 9.78 Å². The van der Waals surface area contributed by atoms with E-state index in [2.05, 4.69) is 17.0 Å². The van der Waals surface area contributed by atoms with Crippen LogP contribution in [0.25, 0.3) is 5.52 Å². The molecule has 0 amide bonds. The Morgan fingerprint density at radius 2 is 2.33 bits per heavy atom. The van der Waals surface area contributed by atoms with Crippen LogP contribution in [-0.2, 0) is 0 Å². The van der Waals surface area contributed by atoms with Gasteiger partial charge in [-0.2, -0.15) is 5.10 Å². The molecule has 4 heteroatoms. The molecule has 0 spiro atoms. The fourth-order valence-corrected chi connectivity index (χ4v) is 1.52. The van der Waals surface area contributed by atoms with Gasteiger partial charge < -0.3 is 0 Å². The first kappa shape index (κ1) is 9.83. The molecule has 4 nitrogen and oxygen atoms in total. The van der Waals surface area contributed by atoms with E-state index in [1.807, 2.05) is 0 Å². The molecule has 0 radical (unpaired) electrons. The van der Waals surface area contributed by atoms with Gasteiger partial charge >= 0.3 is 0 Å². The molecule has 0 aliphatic heterocycles. The Bertz CT molecular complexity index is 475. The molecule has 0 atom stereocenters. The molecule has 2 aromatic rings. The Hall–Kier alpha value is -1.71. The maximum atomic E-state index is 11.8. The monoisotopic (exact) mass is 203 g/mol. The van der Waals surface area contributed by atoms with Crippen LogP contribution < -0.4 is 0 Å². The van der Waals surface area contributed by atoms with Crippen molar-refractivity contribution in [3.05, 3.63) is 30.4 Å². The number of carbonyl (C=O) groups excluding carboxylic acids is 1. The number of fused-ring (bicyclic) bond motifs is 1. The Kier molecular flexibility index (Phi) is 2.76. The van der Waals surface area contributed by atoms with Gasteiger partial charge in [0.1, 0.15) is 0 Å². The van der Waals surface area contributed by atoms with Crippen molar-refractivity contribution in [2.75, 3.05) is 0 Å². The summed E-state index contributed by atoms with van der Waals surface area (Å²) >= 11 is 0. The van der Waals surface area contributed by atoms with Crippen LogP contribution in [0, 0.1) is 0 Å².